The van der Waals surface area contributed by atoms with E-state index >= 15 is 0 Å². The van der Waals surface area contributed by atoms with Crippen molar-refractivity contribution in [2.24, 2.45) is 5.92 Å². The summed E-state index contributed by atoms with van der Waals surface area (Å²) in [5, 5.41) is 6.07. The lowest BCUT2D eigenvalue weighted by Crippen LogP contribution is -2.22. The lowest BCUT2D eigenvalue weighted by molar-refractivity contribution is -0.117. The average Bonchev–Trinajstić information content (AvgIpc) is 3.07. The van der Waals surface area contributed by atoms with Crippen molar-refractivity contribution in [2.75, 3.05) is 11.9 Å². The van der Waals surface area contributed by atoms with E-state index in [1.807, 2.05) is 0 Å². The minimum absolute atomic E-state index is 0.0439. The van der Waals surface area contributed by atoms with E-state index in [9.17, 15) is 9.59 Å². The van der Waals surface area contributed by atoms with E-state index < -0.39 is 0 Å². The highest BCUT2D eigenvalue weighted by Crippen LogP contribution is 2.31. The van der Waals surface area contributed by atoms with Gasteiger partial charge in [0.05, 0.1) is 16.4 Å². The molecule has 1 aliphatic carbocycles. The van der Waals surface area contributed by atoms with Crippen LogP contribution in [0.2, 0.25) is 0 Å². The Balaban J connectivity index is 1.93. The number of rotatable bonds is 4. The Hall–Kier alpha value is -1.80. The van der Waals surface area contributed by atoms with Crippen LogP contribution in [-0.4, -0.2) is 18.4 Å². The van der Waals surface area contributed by atoms with E-state index in [4.69, 9.17) is 6.42 Å². The summed E-state index contributed by atoms with van der Waals surface area (Å²) in [7, 11) is 0. The summed E-state index contributed by atoms with van der Waals surface area (Å²) < 4.78 is 0. The van der Waals surface area contributed by atoms with Gasteiger partial charge in [-0.1, -0.05) is 5.92 Å². The number of terminal acetylenes is 1. The molecule has 0 radical (unpaired) electrons. The van der Waals surface area contributed by atoms with E-state index in [0.717, 1.165) is 12.8 Å². The Morgan fingerprint density at radius 1 is 1.47 bits per heavy atom. The summed E-state index contributed by atoms with van der Waals surface area (Å²) in [5.41, 5.74) is 0. The molecule has 0 bridgehead atoms. The van der Waals surface area contributed by atoms with Crippen LogP contribution in [0, 0.1) is 18.3 Å². The fourth-order valence-electron chi connectivity index (χ4n) is 1.31. The van der Waals surface area contributed by atoms with Gasteiger partial charge in [0.1, 0.15) is 0 Å². The van der Waals surface area contributed by atoms with Gasteiger partial charge in [0.15, 0.2) is 0 Å². The van der Waals surface area contributed by atoms with Crippen LogP contribution in [0.1, 0.15) is 22.5 Å². The summed E-state index contributed by atoms with van der Waals surface area (Å²) in [6, 6.07) is 3.41. The molecule has 5 heteroatoms. The zero-order chi connectivity index (χ0) is 12.3. The van der Waals surface area contributed by atoms with E-state index in [-0.39, 0.29) is 24.3 Å². The van der Waals surface area contributed by atoms with Gasteiger partial charge in [-0.3, -0.25) is 9.59 Å². The highest BCUT2D eigenvalue weighted by molar-refractivity contribution is 7.18. The predicted octanol–water partition coefficient (Wildman–Crippen LogP) is 1.46. The molecule has 1 saturated carbocycles. The van der Waals surface area contributed by atoms with Crippen LogP contribution in [0.25, 0.3) is 0 Å². The molecule has 17 heavy (non-hydrogen) atoms. The average molecular weight is 248 g/mol. The first-order valence-electron chi connectivity index (χ1n) is 5.33. The van der Waals surface area contributed by atoms with E-state index in [1.165, 1.54) is 11.3 Å². The predicted molar refractivity (Wildman–Crippen MR) is 66.8 cm³/mol. The van der Waals surface area contributed by atoms with Gasteiger partial charge in [0.25, 0.3) is 5.91 Å². The lowest BCUT2D eigenvalue weighted by atomic mass is 10.4. The van der Waals surface area contributed by atoms with Crippen molar-refractivity contribution in [2.45, 2.75) is 12.8 Å². The molecule has 1 aromatic heterocycles. The standard InChI is InChI=1S/C12H12N2O2S/c1-2-7-13-12(16)9-5-6-10(17-9)14-11(15)8-3-4-8/h1,5-6,8H,3-4,7H2,(H,13,16)(H,14,15). The molecule has 0 atom stereocenters. The first kappa shape index (κ1) is 11.7. The summed E-state index contributed by atoms with van der Waals surface area (Å²) >= 11 is 1.25. The number of carbonyl (C=O) groups excluding carboxylic acids is 2. The van der Waals surface area contributed by atoms with Crippen LogP contribution in [0.5, 0.6) is 0 Å². The van der Waals surface area contributed by atoms with Crippen LogP contribution < -0.4 is 10.6 Å². The van der Waals surface area contributed by atoms with Gasteiger partial charge < -0.3 is 10.6 Å². The third-order valence-corrected chi connectivity index (χ3v) is 3.37. The second-order valence-electron chi connectivity index (χ2n) is 3.81. The Labute approximate surface area is 103 Å². The van der Waals surface area contributed by atoms with Gasteiger partial charge in [0, 0.05) is 5.92 Å². The van der Waals surface area contributed by atoms with Crippen LogP contribution in [0.15, 0.2) is 12.1 Å². The summed E-state index contributed by atoms with van der Waals surface area (Å²) in [6.07, 6.45) is 6.98. The molecule has 0 unspecified atom stereocenters. The van der Waals surface area contributed by atoms with Gasteiger partial charge in [-0.25, -0.2) is 0 Å². The molecule has 0 aliphatic heterocycles. The van der Waals surface area contributed by atoms with Crippen molar-refractivity contribution in [3.05, 3.63) is 17.0 Å². The number of thiophene rings is 1. The first-order chi connectivity index (χ1) is 8.20. The largest absolute Gasteiger partial charge is 0.340 e. The number of hydrogen-bond donors (Lipinski definition) is 2. The maximum Gasteiger partial charge on any atom is 0.262 e. The molecule has 1 aliphatic rings. The Kier molecular flexibility index (Phi) is 3.45. The third kappa shape index (κ3) is 3.08. The zero-order valence-corrected chi connectivity index (χ0v) is 9.97. The second-order valence-corrected chi connectivity index (χ2v) is 4.90. The van der Waals surface area contributed by atoms with Gasteiger partial charge in [-0.15, -0.1) is 17.8 Å². The van der Waals surface area contributed by atoms with Crippen molar-refractivity contribution >= 4 is 28.2 Å². The lowest BCUT2D eigenvalue weighted by Gasteiger charge is -1.99. The fourth-order valence-corrected chi connectivity index (χ4v) is 2.14. The van der Waals surface area contributed by atoms with Crippen LogP contribution in [0.4, 0.5) is 5.00 Å². The van der Waals surface area contributed by atoms with Crippen LogP contribution in [0.3, 0.4) is 0 Å². The molecule has 1 fully saturated rings. The molecule has 0 aromatic carbocycles. The molecular weight excluding hydrogens is 236 g/mol. The Morgan fingerprint density at radius 2 is 2.24 bits per heavy atom. The van der Waals surface area contributed by atoms with Crippen molar-refractivity contribution in [1.82, 2.24) is 5.32 Å². The fraction of sp³-hybridized carbons (Fsp3) is 0.333. The zero-order valence-electron chi connectivity index (χ0n) is 9.16. The number of nitrogens with one attached hydrogen (secondary N) is 2. The van der Waals surface area contributed by atoms with Crippen molar-refractivity contribution in [3.63, 3.8) is 0 Å². The molecule has 1 aromatic rings. The normalized spacial score (nSPS) is 13.8. The van der Waals surface area contributed by atoms with E-state index in [1.54, 1.807) is 12.1 Å². The van der Waals surface area contributed by atoms with Gasteiger partial charge >= 0.3 is 0 Å². The molecule has 0 spiro atoms. The molecule has 2 rings (SSSR count). The topological polar surface area (TPSA) is 58.2 Å². The Morgan fingerprint density at radius 3 is 2.88 bits per heavy atom. The minimum atomic E-state index is -0.208. The quantitative estimate of drug-likeness (QED) is 0.792. The second kappa shape index (κ2) is 5.02. The van der Waals surface area contributed by atoms with Gasteiger partial charge in [-0.2, -0.15) is 0 Å². The van der Waals surface area contributed by atoms with Crippen molar-refractivity contribution in [3.8, 4) is 12.3 Å². The number of hydrogen-bond acceptors (Lipinski definition) is 3. The van der Waals surface area contributed by atoms with Crippen molar-refractivity contribution < 1.29 is 9.59 Å². The molecule has 4 nitrogen and oxygen atoms in total. The van der Waals surface area contributed by atoms with Crippen LogP contribution >= 0.6 is 11.3 Å². The Bertz CT molecular complexity index is 483. The maximum absolute atomic E-state index is 11.5. The van der Waals surface area contributed by atoms with Gasteiger partial charge in [0.2, 0.25) is 5.91 Å². The smallest absolute Gasteiger partial charge is 0.262 e. The summed E-state index contributed by atoms with van der Waals surface area (Å²) in [5.74, 6) is 2.33. The summed E-state index contributed by atoms with van der Waals surface area (Å²) in [6.45, 7) is 0.209. The monoisotopic (exact) mass is 248 g/mol. The third-order valence-electron chi connectivity index (χ3n) is 2.38. The maximum atomic E-state index is 11.5. The molecule has 0 saturated heterocycles. The minimum Gasteiger partial charge on any atom is -0.340 e. The highest BCUT2D eigenvalue weighted by atomic mass is 32.1. The van der Waals surface area contributed by atoms with Gasteiger partial charge in [-0.05, 0) is 25.0 Å². The number of amides is 2. The first-order valence-corrected chi connectivity index (χ1v) is 6.14. The van der Waals surface area contributed by atoms with E-state index in [0.29, 0.717) is 9.88 Å². The van der Waals surface area contributed by atoms with Crippen molar-refractivity contribution in [1.29, 1.82) is 0 Å². The number of carbonyl (C=O) groups is 2. The molecular formula is C12H12N2O2S. The SMILES string of the molecule is C#CCNC(=O)c1ccc(NC(=O)C2CC2)s1. The molecule has 88 valence electrons. The molecule has 2 N–H and O–H groups in total. The highest BCUT2D eigenvalue weighted by Gasteiger charge is 2.29. The van der Waals surface area contributed by atoms with E-state index in [2.05, 4.69) is 16.6 Å². The number of anilines is 1. The van der Waals surface area contributed by atoms with Crippen LogP contribution in [-0.2, 0) is 4.79 Å². The summed E-state index contributed by atoms with van der Waals surface area (Å²) in [4.78, 5) is 23.6. The molecule has 1 heterocycles. The molecule has 2 amide bonds.